The lowest BCUT2D eigenvalue weighted by atomic mass is 9.97. The van der Waals surface area contributed by atoms with Gasteiger partial charge in [-0.05, 0) is 24.1 Å². The Hall–Kier alpha value is -3.15. The molecule has 0 aliphatic heterocycles. The van der Waals surface area contributed by atoms with Crippen LogP contribution in [0.1, 0.15) is 18.1 Å². The van der Waals surface area contributed by atoms with Crippen LogP contribution in [-0.4, -0.2) is 24.8 Å². The molecule has 0 saturated carbocycles. The first kappa shape index (κ1) is 17.2. The second-order valence-electron chi connectivity index (χ2n) is 5.08. The molecule has 0 atom stereocenters. The van der Waals surface area contributed by atoms with Gasteiger partial charge in [-0.3, -0.25) is 15.0 Å². The van der Waals surface area contributed by atoms with Gasteiger partial charge in [-0.25, -0.2) is 0 Å². The van der Waals surface area contributed by atoms with E-state index in [0.717, 1.165) is 11.1 Å². The largest absolute Gasteiger partial charge is 0.466 e. The van der Waals surface area contributed by atoms with Gasteiger partial charge < -0.3 is 15.8 Å². The third-order valence-electron chi connectivity index (χ3n) is 3.48. The van der Waals surface area contributed by atoms with E-state index in [9.17, 15) is 9.59 Å². The second kappa shape index (κ2) is 7.92. The molecule has 6 heteroatoms. The standard InChI is InChI=1S/C18H19N3O3/c1-2-24-16(23)10-13-6-4-8-15(17(13)21-11-22)12-5-3-7-14(9-12)18(19)20/h3-9,11H,2,10H2,1H3,(H3,19,20)(H,21,22). The highest BCUT2D eigenvalue weighted by atomic mass is 16.5. The minimum atomic E-state index is -0.360. The molecule has 6 nitrogen and oxygen atoms in total. The highest BCUT2D eigenvalue weighted by Gasteiger charge is 2.14. The van der Waals surface area contributed by atoms with E-state index >= 15 is 0 Å². The van der Waals surface area contributed by atoms with E-state index in [1.807, 2.05) is 12.1 Å². The fourth-order valence-corrected chi connectivity index (χ4v) is 2.44. The molecule has 0 unspecified atom stereocenters. The van der Waals surface area contributed by atoms with E-state index in [-0.39, 0.29) is 18.2 Å². The molecule has 0 aliphatic rings. The zero-order valence-corrected chi connectivity index (χ0v) is 13.3. The molecule has 2 aromatic carbocycles. The van der Waals surface area contributed by atoms with Gasteiger partial charge in [-0.15, -0.1) is 0 Å². The maximum Gasteiger partial charge on any atom is 0.310 e. The molecule has 0 spiro atoms. The highest BCUT2D eigenvalue weighted by Crippen LogP contribution is 2.31. The van der Waals surface area contributed by atoms with Crippen LogP contribution in [0.4, 0.5) is 5.69 Å². The first-order chi connectivity index (χ1) is 11.6. The molecule has 0 heterocycles. The number of ether oxygens (including phenoxy) is 1. The number of rotatable bonds is 7. The summed E-state index contributed by atoms with van der Waals surface area (Å²) in [5, 5.41) is 10.2. The molecule has 0 bridgehead atoms. The fraction of sp³-hybridized carbons (Fsp3) is 0.167. The molecule has 0 saturated heterocycles. The van der Waals surface area contributed by atoms with Crippen molar-refractivity contribution in [2.24, 2.45) is 5.73 Å². The van der Waals surface area contributed by atoms with E-state index in [1.54, 1.807) is 37.3 Å². The van der Waals surface area contributed by atoms with Gasteiger partial charge >= 0.3 is 5.97 Å². The molecular formula is C18H19N3O3. The van der Waals surface area contributed by atoms with Gasteiger partial charge in [-0.2, -0.15) is 0 Å². The van der Waals surface area contributed by atoms with Gasteiger partial charge in [0.1, 0.15) is 5.84 Å². The monoisotopic (exact) mass is 325 g/mol. The smallest absolute Gasteiger partial charge is 0.310 e. The van der Waals surface area contributed by atoms with Crippen molar-refractivity contribution in [2.45, 2.75) is 13.3 Å². The number of para-hydroxylation sites is 1. The summed E-state index contributed by atoms with van der Waals surface area (Å²) in [6.07, 6.45) is 0.632. The summed E-state index contributed by atoms with van der Waals surface area (Å²) < 4.78 is 4.98. The normalized spacial score (nSPS) is 10.0. The van der Waals surface area contributed by atoms with E-state index in [2.05, 4.69) is 5.32 Å². The number of carbonyl (C=O) groups is 2. The van der Waals surface area contributed by atoms with Crippen molar-refractivity contribution in [3.8, 4) is 11.1 Å². The zero-order chi connectivity index (χ0) is 17.5. The number of nitrogens with one attached hydrogen (secondary N) is 2. The molecule has 2 aromatic rings. The molecule has 0 aromatic heterocycles. The van der Waals surface area contributed by atoms with Crippen molar-refractivity contribution in [2.75, 3.05) is 11.9 Å². The Morgan fingerprint density at radius 3 is 2.71 bits per heavy atom. The summed E-state index contributed by atoms with van der Waals surface area (Å²) in [4.78, 5) is 22.8. The average molecular weight is 325 g/mol. The van der Waals surface area contributed by atoms with Crippen LogP contribution in [0.15, 0.2) is 42.5 Å². The SMILES string of the molecule is CCOC(=O)Cc1cccc(-c2cccc(C(=N)N)c2)c1NC=O. The number of hydrogen-bond acceptors (Lipinski definition) is 4. The van der Waals surface area contributed by atoms with Crippen LogP contribution in [0.25, 0.3) is 11.1 Å². The third kappa shape index (κ3) is 3.98. The second-order valence-corrected chi connectivity index (χ2v) is 5.08. The summed E-state index contributed by atoms with van der Waals surface area (Å²) in [5.74, 6) is -0.398. The summed E-state index contributed by atoms with van der Waals surface area (Å²) in [6, 6.07) is 12.5. The Morgan fingerprint density at radius 1 is 1.29 bits per heavy atom. The van der Waals surface area contributed by atoms with Crippen molar-refractivity contribution in [1.82, 2.24) is 0 Å². The first-order valence-corrected chi connectivity index (χ1v) is 7.49. The molecule has 24 heavy (non-hydrogen) atoms. The van der Waals surface area contributed by atoms with E-state index in [4.69, 9.17) is 15.9 Å². The maximum atomic E-state index is 11.8. The summed E-state index contributed by atoms with van der Waals surface area (Å²) in [6.45, 7) is 2.04. The van der Waals surface area contributed by atoms with Gasteiger partial charge in [-0.1, -0.05) is 36.4 Å². The zero-order valence-electron chi connectivity index (χ0n) is 13.3. The minimum absolute atomic E-state index is 0.0376. The Bertz CT molecular complexity index is 772. The number of amides is 1. The summed E-state index contributed by atoms with van der Waals surface area (Å²) in [5.41, 5.74) is 8.85. The molecule has 124 valence electrons. The van der Waals surface area contributed by atoms with Gasteiger partial charge in [0.25, 0.3) is 0 Å². The Kier molecular flexibility index (Phi) is 5.68. The molecule has 0 aliphatic carbocycles. The van der Waals surface area contributed by atoms with E-state index < -0.39 is 0 Å². The van der Waals surface area contributed by atoms with Crippen molar-refractivity contribution in [3.05, 3.63) is 53.6 Å². The number of amidine groups is 1. The number of nitrogen functional groups attached to an aromatic ring is 1. The topological polar surface area (TPSA) is 105 Å². The number of anilines is 1. The molecule has 0 fully saturated rings. The number of benzene rings is 2. The third-order valence-corrected chi connectivity index (χ3v) is 3.48. The summed E-state index contributed by atoms with van der Waals surface area (Å²) in [7, 11) is 0. The van der Waals surface area contributed by atoms with Gasteiger partial charge in [0, 0.05) is 11.1 Å². The van der Waals surface area contributed by atoms with Crippen LogP contribution in [0.3, 0.4) is 0 Å². The van der Waals surface area contributed by atoms with Gasteiger partial charge in [0.15, 0.2) is 0 Å². The first-order valence-electron chi connectivity index (χ1n) is 7.49. The lowest BCUT2D eigenvalue weighted by Gasteiger charge is -2.14. The van der Waals surface area contributed by atoms with Crippen LogP contribution in [0, 0.1) is 5.41 Å². The number of hydrogen-bond donors (Lipinski definition) is 3. The average Bonchev–Trinajstić information content (AvgIpc) is 2.57. The van der Waals surface area contributed by atoms with Crippen LogP contribution < -0.4 is 11.1 Å². The molecule has 1 amide bonds. The predicted molar refractivity (Wildman–Crippen MR) is 92.9 cm³/mol. The lowest BCUT2D eigenvalue weighted by Crippen LogP contribution is -2.11. The fourth-order valence-electron chi connectivity index (χ4n) is 2.44. The van der Waals surface area contributed by atoms with Crippen LogP contribution in [0.2, 0.25) is 0 Å². The Labute approximate surface area is 140 Å². The number of esters is 1. The number of carbonyl (C=O) groups excluding carboxylic acids is 2. The van der Waals surface area contributed by atoms with Gasteiger partial charge in [0.05, 0.1) is 18.7 Å². The van der Waals surface area contributed by atoms with Crippen LogP contribution in [0.5, 0.6) is 0 Å². The van der Waals surface area contributed by atoms with E-state index in [0.29, 0.717) is 29.8 Å². The van der Waals surface area contributed by atoms with Crippen molar-refractivity contribution in [3.63, 3.8) is 0 Å². The maximum absolute atomic E-state index is 11.8. The molecular weight excluding hydrogens is 306 g/mol. The quantitative estimate of drug-likeness (QED) is 0.314. The van der Waals surface area contributed by atoms with Crippen LogP contribution >= 0.6 is 0 Å². The lowest BCUT2D eigenvalue weighted by molar-refractivity contribution is -0.142. The van der Waals surface area contributed by atoms with Crippen LogP contribution in [-0.2, 0) is 20.7 Å². The molecule has 2 rings (SSSR count). The van der Waals surface area contributed by atoms with E-state index in [1.165, 1.54) is 0 Å². The van der Waals surface area contributed by atoms with Gasteiger partial charge in [0.2, 0.25) is 6.41 Å². The highest BCUT2D eigenvalue weighted by molar-refractivity contribution is 5.97. The number of nitrogens with two attached hydrogens (primary N) is 1. The van der Waals surface area contributed by atoms with Crippen molar-refractivity contribution >= 4 is 23.9 Å². The Morgan fingerprint density at radius 2 is 2.04 bits per heavy atom. The van der Waals surface area contributed by atoms with Crippen molar-refractivity contribution in [1.29, 1.82) is 5.41 Å². The Balaban J connectivity index is 2.49. The van der Waals surface area contributed by atoms with Crippen molar-refractivity contribution < 1.29 is 14.3 Å². The summed E-state index contributed by atoms with van der Waals surface area (Å²) >= 11 is 0. The predicted octanol–water partition coefficient (Wildman–Crippen LogP) is 2.31. The molecule has 0 radical (unpaired) electrons. The molecule has 4 N–H and O–H groups in total. The minimum Gasteiger partial charge on any atom is -0.466 e.